The number of carbonyl (C=O) groups is 1. The van der Waals surface area contributed by atoms with Gasteiger partial charge in [0.2, 0.25) is 5.91 Å². The SMILES string of the molecule is C#CC1CC(=O)N(c2ccc(C)c([N+](=O)[O-])c2)C1. The van der Waals surface area contributed by atoms with E-state index in [9.17, 15) is 14.9 Å². The number of amides is 1. The summed E-state index contributed by atoms with van der Waals surface area (Å²) in [5, 5.41) is 10.9. The van der Waals surface area contributed by atoms with Gasteiger partial charge in [-0.25, -0.2) is 0 Å². The number of nitro groups is 1. The molecule has 1 aliphatic heterocycles. The summed E-state index contributed by atoms with van der Waals surface area (Å²) in [6, 6.07) is 4.77. The zero-order chi connectivity index (χ0) is 13.3. The third-order valence-corrected chi connectivity index (χ3v) is 3.06. The molecule has 1 aromatic rings. The molecule has 0 aromatic heterocycles. The van der Waals surface area contributed by atoms with Gasteiger partial charge >= 0.3 is 0 Å². The van der Waals surface area contributed by atoms with Crippen LogP contribution in [0.25, 0.3) is 0 Å². The van der Waals surface area contributed by atoms with Gasteiger partial charge in [-0.1, -0.05) is 6.07 Å². The number of carbonyl (C=O) groups excluding carboxylic acids is 1. The van der Waals surface area contributed by atoms with Gasteiger partial charge in [0.15, 0.2) is 0 Å². The average molecular weight is 244 g/mol. The largest absolute Gasteiger partial charge is 0.311 e. The predicted molar refractivity (Wildman–Crippen MR) is 67.1 cm³/mol. The van der Waals surface area contributed by atoms with E-state index in [1.54, 1.807) is 19.1 Å². The van der Waals surface area contributed by atoms with Gasteiger partial charge in [0.05, 0.1) is 10.6 Å². The van der Waals surface area contributed by atoms with Gasteiger partial charge in [-0.2, -0.15) is 0 Å². The van der Waals surface area contributed by atoms with E-state index in [-0.39, 0.29) is 17.5 Å². The van der Waals surface area contributed by atoms with Crippen LogP contribution in [-0.2, 0) is 4.79 Å². The Morgan fingerprint density at radius 1 is 1.56 bits per heavy atom. The molecule has 5 nitrogen and oxygen atoms in total. The maximum absolute atomic E-state index is 11.8. The highest BCUT2D eigenvalue weighted by atomic mass is 16.6. The summed E-state index contributed by atoms with van der Waals surface area (Å²) in [7, 11) is 0. The first-order chi connectivity index (χ1) is 8.52. The number of benzene rings is 1. The third-order valence-electron chi connectivity index (χ3n) is 3.06. The molecular weight excluding hydrogens is 232 g/mol. The molecule has 0 spiro atoms. The lowest BCUT2D eigenvalue weighted by Gasteiger charge is -2.16. The van der Waals surface area contributed by atoms with Gasteiger partial charge in [-0.3, -0.25) is 14.9 Å². The van der Waals surface area contributed by atoms with Gasteiger partial charge in [-0.15, -0.1) is 12.3 Å². The molecule has 2 rings (SSSR count). The Morgan fingerprint density at radius 2 is 2.28 bits per heavy atom. The summed E-state index contributed by atoms with van der Waals surface area (Å²) in [5.74, 6) is 2.35. The number of aryl methyl sites for hydroxylation is 1. The van der Waals surface area contributed by atoms with Crippen LogP contribution in [-0.4, -0.2) is 17.4 Å². The van der Waals surface area contributed by atoms with E-state index in [0.29, 0.717) is 24.2 Å². The minimum Gasteiger partial charge on any atom is -0.311 e. The summed E-state index contributed by atoms with van der Waals surface area (Å²) in [5.41, 5.74) is 1.13. The molecule has 5 heteroatoms. The van der Waals surface area contributed by atoms with Crippen molar-refractivity contribution in [1.82, 2.24) is 0 Å². The number of nitrogens with zero attached hydrogens (tertiary/aromatic N) is 2. The van der Waals surface area contributed by atoms with Gasteiger partial charge in [0.25, 0.3) is 5.69 Å². The molecule has 92 valence electrons. The maximum atomic E-state index is 11.8. The minimum absolute atomic E-state index is 0.0180. The highest BCUT2D eigenvalue weighted by Crippen LogP contribution is 2.29. The predicted octanol–water partition coefficient (Wildman–Crippen LogP) is 1.89. The Kier molecular flexibility index (Phi) is 3.02. The maximum Gasteiger partial charge on any atom is 0.274 e. The Balaban J connectivity index is 2.35. The Morgan fingerprint density at radius 3 is 2.83 bits per heavy atom. The number of hydrogen-bond donors (Lipinski definition) is 0. The van der Waals surface area contributed by atoms with Crippen molar-refractivity contribution in [3.63, 3.8) is 0 Å². The summed E-state index contributed by atoms with van der Waals surface area (Å²) in [6.45, 7) is 2.09. The molecule has 1 fully saturated rings. The smallest absolute Gasteiger partial charge is 0.274 e. The van der Waals surface area contributed by atoms with Crippen molar-refractivity contribution in [3.05, 3.63) is 33.9 Å². The molecule has 0 aliphatic carbocycles. The Hall–Kier alpha value is -2.35. The minimum atomic E-state index is -0.446. The van der Waals surface area contributed by atoms with Gasteiger partial charge in [-0.05, 0) is 13.0 Å². The molecule has 1 atom stereocenters. The van der Waals surface area contributed by atoms with E-state index < -0.39 is 4.92 Å². The topological polar surface area (TPSA) is 63.5 Å². The fourth-order valence-corrected chi connectivity index (χ4v) is 2.03. The van der Waals surface area contributed by atoms with E-state index in [1.807, 2.05) is 0 Å². The number of nitro benzene ring substituents is 1. The second-order valence-corrected chi connectivity index (χ2v) is 4.30. The van der Waals surface area contributed by atoms with Crippen LogP contribution in [0.15, 0.2) is 18.2 Å². The van der Waals surface area contributed by atoms with Crippen molar-refractivity contribution in [2.45, 2.75) is 13.3 Å². The second kappa shape index (κ2) is 4.49. The van der Waals surface area contributed by atoms with Crippen LogP contribution in [0.1, 0.15) is 12.0 Å². The van der Waals surface area contributed by atoms with Crippen molar-refractivity contribution in [3.8, 4) is 12.3 Å². The number of terminal acetylenes is 1. The van der Waals surface area contributed by atoms with E-state index in [1.165, 1.54) is 11.0 Å². The van der Waals surface area contributed by atoms with Gasteiger partial charge in [0.1, 0.15) is 0 Å². The molecule has 1 heterocycles. The van der Waals surface area contributed by atoms with Gasteiger partial charge < -0.3 is 4.90 Å². The lowest BCUT2D eigenvalue weighted by atomic mass is 10.1. The van der Waals surface area contributed by atoms with Crippen LogP contribution in [0.4, 0.5) is 11.4 Å². The molecular formula is C13H12N2O3. The van der Waals surface area contributed by atoms with Crippen molar-refractivity contribution in [2.24, 2.45) is 5.92 Å². The molecule has 0 N–H and O–H groups in total. The fourth-order valence-electron chi connectivity index (χ4n) is 2.03. The molecule has 0 saturated carbocycles. The molecule has 18 heavy (non-hydrogen) atoms. The molecule has 1 aromatic carbocycles. The van der Waals surface area contributed by atoms with E-state index in [0.717, 1.165) is 0 Å². The average Bonchev–Trinajstić information content (AvgIpc) is 2.71. The summed E-state index contributed by atoms with van der Waals surface area (Å²) < 4.78 is 0. The lowest BCUT2D eigenvalue weighted by molar-refractivity contribution is -0.385. The van der Waals surface area contributed by atoms with Gasteiger partial charge in [0, 0.05) is 30.5 Å². The summed E-state index contributed by atoms with van der Waals surface area (Å²) >= 11 is 0. The zero-order valence-corrected chi connectivity index (χ0v) is 9.92. The van der Waals surface area contributed by atoms with Crippen LogP contribution >= 0.6 is 0 Å². The van der Waals surface area contributed by atoms with Crippen LogP contribution < -0.4 is 4.90 Å². The first-order valence-electron chi connectivity index (χ1n) is 5.54. The lowest BCUT2D eigenvalue weighted by Crippen LogP contribution is -2.24. The fraction of sp³-hybridized carbons (Fsp3) is 0.308. The van der Waals surface area contributed by atoms with E-state index in [4.69, 9.17) is 6.42 Å². The summed E-state index contributed by atoms with van der Waals surface area (Å²) in [4.78, 5) is 23.7. The normalized spacial score (nSPS) is 18.8. The molecule has 1 saturated heterocycles. The molecule has 1 aliphatic rings. The van der Waals surface area contributed by atoms with Crippen LogP contribution in [0.2, 0.25) is 0 Å². The summed E-state index contributed by atoms with van der Waals surface area (Å²) in [6.07, 6.45) is 5.61. The highest BCUT2D eigenvalue weighted by Gasteiger charge is 2.30. The molecule has 0 radical (unpaired) electrons. The Bertz CT molecular complexity index is 560. The van der Waals surface area contributed by atoms with Crippen LogP contribution in [0, 0.1) is 35.3 Å². The van der Waals surface area contributed by atoms with Crippen molar-refractivity contribution >= 4 is 17.3 Å². The number of hydrogen-bond acceptors (Lipinski definition) is 3. The van der Waals surface area contributed by atoms with Crippen molar-refractivity contribution in [2.75, 3.05) is 11.4 Å². The van der Waals surface area contributed by atoms with Crippen molar-refractivity contribution < 1.29 is 9.72 Å². The van der Waals surface area contributed by atoms with Crippen molar-refractivity contribution in [1.29, 1.82) is 0 Å². The first-order valence-corrected chi connectivity index (χ1v) is 5.54. The van der Waals surface area contributed by atoms with E-state index >= 15 is 0 Å². The quantitative estimate of drug-likeness (QED) is 0.453. The van der Waals surface area contributed by atoms with E-state index in [2.05, 4.69) is 5.92 Å². The molecule has 1 unspecified atom stereocenters. The standard InChI is InChI=1S/C13H12N2O3/c1-3-10-6-13(16)14(8-10)11-5-4-9(2)12(7-11)15(17)18/h1,4-5,7,10H,6,8H2,2H3. The van der Waals surface area contributed by atoms with Crippen LogP contribution in [0.3, 0.4) is 0 Å². The molecule has 1 amide bonds. The zero-order valence-electron chi connectivity index (χ0n) is 9.92. The molecule has 0 bridgehead atoms. The highest BCUT2D eigenvalue weighted by molar-refractivity contribution is 5.96. The first kappa shape index (κ1) is 12.1. The number of rotatable bonds is 2. The third kappa shape index (κ3) is 2.05. The second-order valence-electron chi connectivity index (χ2n) is 4.30. The van der Waals surface area contributed by atoms with Crippen LogP contribution in [0.5, 0.6) is 0 Å². The number of anilines is 1. The monoisotopic (exact) mass is 244 g/mol. The Labute approximate surface area is 105 Å².